The van der Waals surface area contributed by atoms with Crippen LogP contribution in [0.1, 0.15) is 24.1 Å². The zero-order chi connectivity index (χ0) is 12.7. The predicted octanol–water partition coefficient (Wildman–Crippen LogP) is 1.83. The average Bonchev–Trinajstić information content (AvgIpc) is 2.39. The molecule has 1 aromatic carbocycles. The van der Waals surface area contributed by atoms with Gasteiger partial charge >= 0.3 is 0 Å². The van der Waals surface area contributed by atoms with Crippen molar-refractivity contribution in [3.8, 4) is 6.07 Å². The van der Waals surface area contributed by atoms with Crippen molar-refractivity contribution < 1.29 is 9.47 Å². The Labute approximate surface area is 102 Å². The van der Waals surface area contributed by atoms with E-state index in [-0.39, 0.29) is 12.3 Å². The minimum Gasteiger partial charge on any atom is -0.355 e. The van der Waals surface area contributed by atoms with E-state index in [4.69, 9.17) is 14.7 Å². The van der Waals surface area contributed by atoms with Crippen LogP contribution in [-0.4, -0.2) is 27.1 Å². The Morgan fingerprint density at radius 2 is 2.06 bits per heavy atom. The smallest absolute Gasteiger partial charge is 0.169 e. The van der Waals surface area contributed by atoms with Gasteiger partial charge in [0.05, 0.1) is 11.6 Å². The van der Waals surface area contributed by atoms with Crippen molar-refractivity contribution in [3.63, 3.8) is 0 Å². The lowest BCUT2D eigenvalue weighted by molar-refractivity contribution is -0.0997. The van der Waals surface area contributed by atoms with Gasteiger partial charge < -0.3 is 14.8 Å². The summed E-state index contributed by atoms with van der Waals surface area (Å²) in [5, 5.41) is 12.1. The molecule has 1 unspecified atom stereocenters. The summed E-state index contributed by atoms with van der Waals surface area (Å²) in [4.78, 5) is 0. The highest BCUT2D eigenvalue weighted by molar-refractivity contribution is 5.33. The van der Waals surface area contributed by atoms with Crippen molar-refractivity contribution in [3.05, 3.63) is 35.4 Å². The normalized spacial score (nSPS) is 12.4. The van der Waals surface area contributed by atoms with Crippen LogP contribution in [0.3, 0.4) is 0 Å². The van der Waals surface area contributed by atoms with Gasteiger partial charge in [-0.15, -0.1) is 0 Å². The molecule has 0 saturated heterocycles. The molecule has 0 radical (unpaired) electrons. The second-order valence-corrected chi connectivity index (χ2v) is 3.77. The Hall–Kier alpha value is -1.41. The molecule has 1 aromatic rings. The van der Waals surface area contributed by atoms with Gasteiger partial charge in [-0.25, -0.2) is 0 Å². The Bertz CT molecular complexity index is 383. The molecule has 0 fully saturated rings. The predicted molar refractivity (Wildman–Crippen MR) is 65.4 cm³/mol. The minimum absolute atomic E-state index is 0.149. The first kappa shape index (κ1) is 13.7. The molecule has 1 N–H and O–H groups in total. The molecular weight excluding hydrogens is 216 g/mol. The topological polar surface area (TPSA) is 54.3 Å². The van der Waals surface area contributed by atoms with Gasteiger partial charge in [0.2, 0.25) is 0 Å². The lowest BCUT2D eigenvalue weighted by atomic mass is 10.1. The minimum atomic E-state index is -0.253. The molecule has 0 bridgehead atoms. The largest absolute Gasteiger partial charge is 0.355 e. The van der Waals surface area contributed by atoms with Crippen LogP contribution in [-0.2, 0) is 9.47 Å². The van der Waals surface area contributed by atoms with Crippen molar-refractivity contribution in [2.75, 3.05) is 20.8 Å². The van der Waals surface area contributed by atoms with Crippen LogP contribution >= 0.6 is 0 Å². The molecule has 4 nitrogen and oxygen atoms in total. The summed E-state index contributed by atoms with van der Waals surface area (Å²) in [6.45, 7) is 2.64. The maximum atomic E-state index is 8.83. The van der Waals surface area contributed by atoms with E-state index in [1.54, 1.807) is 20.3 Å². The van der Waals surface area contributed by atoms with Crippen LogP contribution in [0.25, 0.3) is 0 Å². The molecule has 92 valence electrons. The first-order valence-electron chi connectivity index (χ1n) is 5.50. The number of benzene rings is 1. The maximum Gasteiger partial charge on any atom is 0.169 e. The molecule has 0 aliphatic heterocycles. The van der Waals surface area contributed by atoms with Gasteiger partial charge in [0.15, 0.2) is 6.29 Å². The third-order valence-electron chi connectivity index (χ3n) is 2.63. The van der Waals surface area contributed by atoms with E-state index in [0.717, 1.165) is 5.56 Å². The molecule has 0 heterocycles. The molecule has 0 aliphatic carbocycles. The number of hydrogen-bond acceptors (Lipinski definition) is 4. The highest BCUT2D eigenvalue weighted by Gasteiger charge is 2.09. The zero-order valence-electron chi connectivity index (χ0n) is 10.4. The van der Waals surface area contributed by atoms with Gasteiger partial charge in [-0.1, -0.05) is 12.1 Å². The number of rotatable bonds is 6. The van der Waals surface area contributed by atoms with Crippen molar-refractivity contribution in [2.24, 2.45) is 0 Å². The van der Waals surface area contributed by atoms with E-state index in [1.165, 1.54) is 0 Å². The summed E-state index contributed by atoms with van der Waals surface area (Å²) in [6.07, 6.45) is -0.253. The van der Waals surface area contributed by atoms with Crippen molar-refractivity contribution in [1.82, 2.24) is 5.32 Å². The third kappa shape index (κ3) is 4.16. The summed E-state index contributed by atoms with van der Waals surface area (Å²) in [5.41, 5.74) is 1.75. The third-order valence-corrected chi connectivity index (χ3v) is 2.63. The summed E-state index contributed by atoms with van der Waals surface area (Å²) < 4.78 is 10.2. The van der Waals surface area contributed by atoms with Gasteiger partial charge in [-0.2, -0.15) is 5.26 Å². The Balaban J connectivity index is 2.57. The quantitative estimate of drug-likeness (QED) is 0.763. The molecule has 17 heavy (non-hydrogen) atoms. The fourth-order valence-electron chi connectivity index (χ4n) is 1.53. The summed E-state index contributed by atoms with van der Waals surface area (Å²) >= 11 is 0. The van der Waals surface area contributed by atoms with Gasteiger partial charge in [0.25, 0.3) is 0 Å². The Kier molecular flexibility index (Phi) is 5.64. The van der Waals surface area contributed by atoms with Gasteiger partial charge in [-0.05, 0) is 24.6 Å². The molecule has 0 amide bonds. The first-order valence-corrected chi connectivity index (χ1v) is 5.50. The number of hydrogen-bond donors (Lipinski definition) is 1. The molecule has 0 aromatic heterocycles. The van der Waals surface area contributed by atoms with Crippen molar-refractivity contribution >= 4 is 0 Å². The van der Waals surface area contributed by atoms with E-state index in [2.05, 4.69) is 11.4 Å². The van der Waals surface area contributed by atoms with Gasteiger partial charge in [0.1, 0.15) is 0 Å². The molecule has 0 aliphatic rings. The highest BCUT2D eigenvalue weighted by Crippen LogP contribution is 2.13. The van der Waals surface area contributed by atoms with Crippen molar-refractivity contribution in [2.45, 2.75) is 19.3 Å². The SMILES string of the molecule is COC(CNC(C)c1cccc(C#N)c1)OC. The van der Waals surface area contributed by atoms with Crippen LogP contribution in [0.15, 0.2) is 24.3 Å². The van der Waals surface area contributed by atoms with E-state index < -0.39 is 0 Å². The van der Waals surface area contributed by atoms with Crippen LogP contribution < -0.4 is 5.32 Å². The molecule has 1 atom stereocenters. The number of ether oxygens (including phenoxy) is 2. The fraction of sp³-hybridized carbons (Fsp3) is 0.462. The summed E-state index contributed by atoms with van der Waals surface area (Å²) in [7, 11) is 3.22. The summed E-state index contributed by atoms with van der Waals surface area (Å²) in [5.74, 6) is 0. The average molecular weight is 234 g/mol. The first-order chi connectivity index (χ1) is 8.21. The van der Waals surface area contributed by atoms with Gasteiger partial charge in [-0.3, -0.25) is 0 Å². The monoisotopic (exact) mass is 234 g/mol. The number of methoxy groups -OCH3 is 2. The Morgan fingerprint density at radius 3 is 2.65 bits per heavy atom. The zero-order valence-corrected chi connectivity index (χ0v) is 10.4. The highest BCUT2D eigenvalue weighted by atomic mass is 16.7. The van der Waals surface area contributed by atoms with Crippen LogP contribution in [0.4, 0.5) is 0 Å². The number of nitriles is 1. The second kappa shape index (κ2) is 7.02. The van der Waals surface area contributed by atoms with Gasteiger partial charge in [0, 0.05) is 26.8 Å². The van der Waals surface area contributed by atoms with Crippen molar-refractivity contribution in [1.29, 1.82) is 5.26 Å². The molecule has 0 saturated carbocycles. The van der Waals surface area contributed by atoms with E-state index in [1.807, 2.05) is 25.1 Å². The van der Waals surface area contributed by atoms with E-state index in [9.17, 15) is 0 Å². The van der Waals surface area contributed by atoms with Crippen LogP contribution in [0, 0.1) is 11.3 Å². The summed E-state index contributed by atoms with van der Waals surface area (Å²) in [6, 6.07) is 9.84. The maximum absolute atomic E-state index is 8.83. The number of nitrogens with zero attached hydrogens (tertiary/aromatic N) is 1. The van der Waals surface area contributed by atoms with E-state index in [0.29, 0.717) is 12.1 Å². The molecule has 4 heteroatoms. The molecule has 1 rings (SSSR count). The lowest BCUT2D eigenvalue weighted by Crippen LogP contribution is -2.31. The lowest BCUT2D eigenvalue weighted by Gasteiger charge is -2.19. The molecular formula is C13H18N2O2. The van der Waals surface area contributed by atoms with Crippen LogP contribution in [0.2, 0.25) is 0 Å². The van der Waals surface area contributed by atoms with Crippen LogP contribution in [0.5, 0.6) is 0 Å². The number of nitrogens with one attached hydrogen (secondary N) is 1. The fourth-order valence-corrected chi connectivity index (χ4v) is 1.53. The second-order valence-electron chi connectivity index (χ2n) is 3.77. The molecule has 0 spiro atoms. The Morgan fingerprint density at radius 1 is 1.35 bits per heavy atom. The standard InChI is InChI=1S/C13H18N2O2/c1-10(15-9-13(16-2)17-3)12-6-4-5-11(7-12)8-14/h4-7,10,13,15H,9H2,1-3H3. The van der Waals surface area contributed by atoms with E-state index >= 15 is 0 Å².